The number of nitrogens with one attached hydrogen (secondary N) is 1. The second-order valence-corrected chi connectivity index (χ2v) is 7.28. The van der Waals surface area contributed by atoms with Gasteiger partial charge >= 0.3 is 12.1 Å². The highest BCUT2D eigenvalue weighted by molar-refractivity contribution is 5.81. The first kappa shape index (κ1) is 21.0. The summed E-state index contributed by atoms with van der Waals surface area (Å²) in [5, 5.41) is 11.8. The lowest BCUT2D eigenvalue weighted by molar-refractivity contribution is -0.143. The molecule has 0 aliphatic rings. The molecule has 6 heteroatoms. The van der Waals surface area contributed by atoms with Gasteiger partial charge < -0.3 is 14.8 Å². The molecule has 0 saturated carbocycles. The van der Waals surface area contributed by atoms with E-state index in [1.54, 1.807) is 26.8 Å². The van der Waals surface area contributed by atoms with Crippen LogP contribution in [0.4, 0.5) is 4.79 Å². The zero-order chi connectivity index (χ0) is 20.7. The molecule has 2 aromatic rings. The smallest absolute Gasteiger partial charge is 0.408 e. The molecule has 1 N–H and O–H groups in total. The number of rotatable bonds is 5. The molecule has 0 aliphatic heterocycles. The molecule has 2 aromatic carbocycles. The lowest BCUT2D eigenvalue weighted by atomic mass is 9.97. The van der Waals surface area contributed by atoms with Crippen LogP contribution >= 0.6 is 0 Å². The van der Waals surface area contributed by atoms with E-state index in [4.69, 9.17) is 9.47 Å². The van der Waals surface area contributed by atoms with E-state index in [9.17, 15) is 14.9 Å². The monoisotopic (exact) mass is 380 g/mol. The van der Waals surface area contributed by atoms with Crippen molar-refractivity contribution in [3.8, 4) is 17.2 Å². The molecule has 0 bridgehead atoms. The molecule has 28 heavy (non-hydrogen) atoms. The number of ether oxygens (including phenoxy) is 2. The molecule has 6 nitrogen and oxygen atoms in total. The van der Waals surface area contributed by atoms with Gasteiger partial charge in [0.2, 0.25) is 0 Å². The first-order valence-corrected chi connectivity index (χ1v) is 8.89. The van der Waals surface area contributed by atoms with Gasteiger partial charge in [-0.1, -0.05) is 42.5 Å². The SMILES string of the molecule is COC(=O)C(Cc1ccc(-c2ccccc2C#N)cc1)NC(=O)OC(C)(C)C. The first-order chi connectivity index (χ1) is 13.2. The fraction of sp³-hybridized carbons (Fsp3) is 0.318. The van der Waals surface area contributed by atoms with Crippen LogP contribution in [0.3, 0.4) is 0 Å². The minimum Gasteiger partial charge on any atom is -0.467 e. The Morgan fingerprint density at radius 2 is 1.75 bits per heavy atom. The average molecular weight is 380 g/mol. The number of carbonyl (C=O) groups excluding carboxylic acids is 2. The van der Waals surface area contributed by atoms with E-state index in [0.717, 1.165) is 16.7 Å². The number of nitriles is 1. The molecule has 1 unspecified atom stereocenters. The largest absolute Gasteiger partial charge is 0.467 e. The van der Waals surface area contributed by atoms with Crippen LogP contribution in [0.1, 0.15) is 31.9 Å². The van der Waals surface area contributed by atoms with Gasteiger partial charge in [-0.15, -0.1) is 0 Å². The third-order valence-electron chi connectivity index (χ3n) is 3.93. The van der Waals surface area contributed by atoms with Crippen molar-refractivity contribution in [2.45, 2.75) is 38.8 Å². The molecule has 0 aromatic heterocycles. The van der Waals surface area contributed by atoms with Crippen molar-refractivity contribution < 1.29 is 19.1 Å². The van der Waals surface area contributed by atoms with Crippen molar-refractivity contribution in [3.63, 3.8) is 0 Å². The molecule has 0 spiro atoms. The number of benzene rings is 2. The summed E-state index contributed by atoms with van der Waals surface area (Å²) in [6.45, 7) is 5.24. The number of amides is 1. The van der Waals surface area contributed by atoms with E-state index in [-0.39, 0.29) is 6.42 Å². The second-order valence-electron chi connectivity index (χ2n) is 7.28. The van der Waals surface area contributed by atoms with Gasteiger partial charge in [-0.2, -0.15) is 5.26 Å². The van der Waals surface area contributed by atoms with Crippen LogP contribution in [-0.4, -0.2) is 30.8 Å². The summed E-state index contributed by atoms with van der Waals surface area (Å²) >= 11 is 0. The summed E-state index contributed by atoms with van der Waals surface area (Å²) in [6, 6.07) is 16.1. The molecule has 0 aliphatic carbocycles. The summed E-state index contributed by atoms with van der Waals surface area (Å²) < 4.78 is 10.0. The van der Waals surface area contributed by atoms with Crippen LogP contribution in [0, 0.1) is 11.3 Å². The fourth-order valence-electron chi connectivity index (χ4n) is 2.67. The third kappa shape index (κ3) is 5.85. The van der Waals surface area contributed by atoms with Crippen molar-refractivity contribution >= 4 is 12.1 Å². The van der Waals surface area contributed by atoms with Crippen LogP contribution in [0.5, 0.6) is 0 Å². The Morgan fingerprint density at radius 3 is 2.32 bits per heavy atom. The van der Waals surface area contributed by atoms with Gasteiger partial charge in [-0.3, -0.25) is 0 Å². The highest BCUT2D eigenvalue weighted by Crippen LogP contribution is 2.24. The normalized spacial score (nSPS) is 11.8. The first-order valence-electron chi connectivity index (χ1n) is 8.89. The number of hydrogen-bond donors (Lipinski definition) is 1. The van der Waals surface area contributed by atoms with Gasteiger partial charge in [-0.05, 0) is 43.5 Å². The van der Waals surface area contributed by atoms with E-state index in [1.807, 2.05) is 42.5 Å². The third-order valence-corrected chi connectivity index (χ3v) is 3.93. The molecular weight excluding hydrogens is 356 g/mol. The molecule has 0 radical (unpaired) electrons. The Hall–Kier alpha value is -3.33. The Labute approximate surface area is 165 Å². The zero-order valence-corrected chi connectivity index (χ0v) is 16.5. The fourth-order valence-corrected chi connectivity index (χ4v) is 2.67. The molecule has 146 valence electrons. The Kier molecular flexibility index (Phi) is 6.78. The van der Waals surface area contributed by atoms with E-state index >= 15 is 0 Å². The summed E-state index contributed by atoms with van der Waals surface area (Å²) in [7, 11) is 1.27. The summed E-state index contributed by atoms with van der Waals surface area (Å²) in [5.74, 6) is -0.551. The lowest BCUT2D eigenvalue weighted by Crippen LogP contribution is -2.45. The highest BCUT2D eigenvalue weighted by atomic mass is 16.6. The number of esters is 1. The zero-order valence-electron chi connectivity index (χ0n) is 16.5. The maximum atomic E-state index is 12.1. The van der Waals surface area contributed by atoms with Crippen LogP contribution < -0.4 is 5.32 Å². The number of alkyl carbamates (subject to hydrolysis) is 1. The van der Waals surface area contributed by atoms with Gasteiger partial charge in [0.25, 0.3) is 0 Å². The van der Waals surface area contributed by atoms with Crippen molar-refractivity contribution in [2.24, 2.45) is 0 Å². The van der Waals surface area contributed by atoms with Gasteiger partial charge in [0.15, 0.2) is 0 Å². The number of nitrogens with zero attached hydrogens (tertiary/aromatic N) is 1. The molecular formula is C22H24N2O4. The minimum absolute atomic E-state index is 0.256. The molecule has 1 amide bonds. The van der Waals surface area contributed by atoms with Crippen LogP contribution in [0.2, 0.25) is 0 Å². The lowest BCUT2D eigenvalue weighted by Gasteiger charge is -2.22. The van der Waals surface area contributed by atoms with Gasteiger partial charge in [0.1, 0.15) is 11.6 Å². The standard InChI is InChI=1S/C22H24N2O4/c1-22(2,3)28-21(26)24-19(20(25)27-4)13-15-9-11-16(12-10-15)18-8-6-5-7-17(18)14-23/h5-12,19H,13H2,1-4H3,(H,24,26). The van der Waals surface area contributed by atoms with Crippen LogP contribution in [0.25, 0.3) is 11.1 Å². The quantitative estimate of drug-likeness (QED) is 0.796. The second kappa shape index (κ2) is 9.05. The van der Waals surface area contributed by atoms with Crippen molar-refractivity contribution in [1.82, 2.24) is 5.32 Å². The highest BCUT2D eigenvalue weighted by Gasteiger charge is 2.25. The van der Waals surface area contributed by atoms with Crippen molar-refractivity contribution in [1.29, 1.82) is 5.26 Å². The maximum absolute atomic E-state index is 12.1. The molecule has 2 rings (SSSR count). The summed E-state index contributed by atoms with van der Waals surface area (Å²) in [4.78, 5) is 24.1. The summed E-state index contributed by atoms with van der Waals surface area (Å²) in [5.41, 5.74) is 2.50. The van der Waals surface area contributed by atoms with Crippen molar-refractivity contribution in [3.05, 3.63) is 59.7 Å². The molecule has 0 heterocycles. The van der Waals surface area contributed by atoms with Crippen LogP contribution in [0.15, 0.2) is 48.5 Å². The Morgan fingerprint density at radius 1 is 1.11 bits per heavy atom. The Bertz CT molecular complexity index is 877. The topological polar surface area (TPSA) is 88.4 Å². The number of carbonyl (C=O) groups is 2. The minimum atomic E-state index is -0.864. The van der Waals surface area contributed by atoms with E-state index in [2.05, 4.69) is 11.4 Å². The average Bonchev–Trinajstić information content (AvgIpc) is 2.66. The molecule has 0 saturated heterocycles. The number of hydrogen-bond acceptors (Lipinski definition) is 5. The van der Waals surface area contributed by atoms with Gasteiger partial charge in [-0.25, -0.2) is 9.59 Å². The number of methoxy groups -OCH3 is 1. The van der Waals surface area contributed by atoms with E-state index in [1.165, 1.54) is 7.11 Å². The van der Waals surface area contributed by atoms with Gasteiger partial charge in [0, 0.05) is 6.42 Å². The predicted octanol–water partition coefficient (Wildman–Crippen LogP) is 3.83. The maximum Gasteiger partial charge on any atom is 0.408 e. The van der Waals surface area contributed by atoms with Gasteiger partial charge in [0.05, 0.1) is 18.7 Å². The predicted molar refractivity (Wildman–Crippen MR) is 105 cm³/mol. The molecule has 1 atom stereocenters. The van der Waals surface area contributed by atoms with E-state index < -0.39 is 23.7 Å². The van der Waals surface area contributed by atoms with Crippen molar-refractivity contribution in [2.75, 3.05) is 7.11 Å². The molecule has 0 fully saturated rings. The van der Waals surface area contributed by atoms with Crippen LogP contribution in [-0.2, 0) is 20.7 Å². The van der Waals surface area contributed by atoms with E-state index in [0.29, 0.717) is 5.56 Å². The summed E-state index contributed by atoms with van der Waals surface area (Å²) in [6.07, 6.45) is -0.422. The Balaban J connectivity index is 2.15.